The number of likely N-dealkylation sites (tertiary alicyclic amines) is 1. The van der Waals surface area contributed by atoms with Gasteiger partial charge in [-0.3, -0.25) is 15.0 Å². The van der Waals surface area contributed by atoms with E-state index in [0.717, 1.165) is 50.6 Å². The zero-order valence-corrected chi connectivity index (χ0v) is 22.2. The van der Waals surface area contributed by atoms with Crippen molar-refractivity contribution in [3.8, 4) is 0 Å². The maximum absolute atomic E-state index is 12.9. The van der Waals surface area contributed by atoms with E-state index in [0.29, 0.717) is 19.5 Å². The third-order valence-electron chi connectivity index (χ3n) is 6.71. The van der Waals surface area contributed by atoms with E-state index in [4.69, 9.17) is 4.98 Å². The predicted octanol–water partition coefficient (Wildman–Crippen LogP) is 5.21. The number of aromatic nitrogens is 2. The largest absolute Gasteiger partial charge is 0.342 e. The molecule has 5 nitrogen and oxygen atoms in total. The van der Waals surface area contributed by atoms with Crippen LogP contribution < -0.4 is 4.73 Å². The van der Waals surface area contributed by atoms with Gasteiger partial charge >= 0.3 is 0 Å². The molecule has 0 bridgehead atoms. The molecule has 3 aromatic rings. The lowest BCUT2D eigenvalue weighted by molar-refractivity contribution is -0.904. The van der Waals surface area contributed by atoms with E-state index in [-0.39, 0.29) is 5.91 Å². The number of hydrogen-bond donors (Lipinski definition) is 1. The molecule has 0 atom stereocenters. The molecule has 2 aliphatic rings. The van der Waals surface area contributed by atoms with Crippen LogP contribution in [0.1, 0.15) is 46.4 Å². The average molecular weight is 584 g/mol. The van der Waals surface area contributed by atoms with Gasteiger partial charge in [-0.2, -0.15) is 0 Å². The number of piperidine rings is 1. The molecule has 1 aromatic carbocycles. The monoisotopic (exact) mass is 582 g/mol. The fourth-order valence-corrected chi connectivity index (χ4v) is 6.24. The van der Waals surface area contributed by atoms with Crippen LogP contribution in [0.15, 0.2) is 63.4 Å². The predicted molar refractivity (Wildman–Crippen MR) is 138 cm³/mol. The summed E-state index contributed by atoms with van der Waals surface area (Å²) < 4.78 is 3.11. The smallest absolute Gasteiger partial charge is 0.227 e. The molecule has 34 heavy (non-hydrogen) atoms. The summed E-state index contributed by atoms with van der Waals surface area (Å²) in [7, 11) is 0. The topological polar surface area (TPSA) is 57.3 Å². The normalized spacial score (nSPS) is 15.6. The van der Waals surface area contributed by atoms with Gasteiger partial charge in [0.2, 0.25) is 18.3 Å². The van der Waals surface area contributed by atoms with Crippen molar-refractivity contribution in [2.45, 2.75) is 39.0 Å². The van der Waals surface area contributed by atoms with E-state index in [1.54, 1.807) is 24.5 Å². The van der Waals surface area contributed by atoms with Crippen molar-refractivity contribution >= 4 is 43.3 Å². The van der Waals surface area contributed by atoms with E-state index in [9.17, 15) is 10.0 Å². The zero-order chi connectivity index (χ0) is 23.8. The van der Waals surface area contributed by atoms with E-state index in [2.05, 4.69) is 57.0 Å². The van der Waals surface area contributed by atoms with Gasteiger partial charge in [0, 0.05) is 56.2 Å². The first-order chi connectivity index (χ1) is 16.4. The number of aryl methyl sites for hydroxylation is 3. The number of benzene rings is 1. The van der Waals surface area contributed by atoms with Crippen LogP contribution in [0.2, 0.25) is 0 Å². The highest BCUT2D eigenvalue weighted by atomic mass is 79.9. The maximum atomic E-state index is 12.9. The molecule has 1 fully saturated rings. The average Bonchev–Trinajstić information content (AvgIpc) is 2.97. The highest BCUT2D eigenvalue weighted by Gasteiger charge is 2.28. The van der Waals surface area contributed by atoms with Crippen molar-refractivity contribution in [2.24, 2.45) is 0 Å². The second kappa shape index (κ2) is 9.62. The molecule has 174 valence electrons. The summed E-state index contributed by atoms with van der Waals surface area (Å²) in [6.07, 6.45) is 8.94. The number of carbonyl (C=O) groups excluding carboxylic acids is 1. The minimum absolute atomic E-state index is 0.125. The van der Waals surface area contributed by atoms with E-state index >= 15 is 0 Å². The van der Waals surface area contributed by atoms with Crippen LogP contribution in [0, 0.1) is 6.92 Å². The second-order valence-electron chi connectivity index (χ2n) is 9.06. The van der Waals surface area contributed by atoms with E-state index in [1.165, 1.54) is 33.4 Å². The standard InChI is InChI=1S/C27H26Br2N3O2/c1-17-12-20-2-3-21-15-22(28)16-30-27(21)26(25(20)23(29)13-17)19-6-8-31(9-7-19)24(33)14-18-4-10-32(34)11-5-18/h4-5,10-13,15-16,34H,2-3,6-9,14H2,1H3/q+1. The SMILES string of the molecule is Cc1cc(Br)c2c(c1)CCc1cc(Br)cnc1C2=C1CCN(C(=O)Cc2cc[n+](O)cc2)CC1. The van der Waals surface area contributed by atoms with Crippen LogP contribution in [0.3, 0.4) is 0 Å². The van der Waals surface area contributed by atoms with Crippen molar-refractivity contribution in [1.29, 1.82) is 0 Å². The number of halogens is 2. The van der Waals surface area contributed by atoms with Crippen molar-refractivity contribution in [2.75, 3.05) is 13.1 Å². The van der Waals surface area contributed by atoms with Crippen molar-refractivity contribution in [1.82, 2.24) is 9.88 Å². The molecule has 0 saturated carbocycles. The van der Waals surface area contributed by atoms with Crippen LogP contribution >= 0.6 is 31.9 Å². The fourth-order valence-electron chi connectivity index (χ4n) is 5.05. The first-order valence-corrected chi connectivity index (χ1v) is 13.1. The summed E-state index contributed by atoms with van der Waals surface area (Å²) in [5.41, 5.74) is 9.72. The first kappa shape index (κ1) is 23.2. The second-order valence-corrected chi connectivity index (χ2v) is 10.8. The minimum atomic E-state index is 0.125. The number of rotatable bonds is 2. The quantitative estimate of drug-likeness (QED) is 0.333. The van der Waals surface area contributed by atoms with Gasteiger partial charge in [-0.25, -0.2) is 0 Å². The lowest BCUT2D eigenvalue weighted by Gasteiger charge is -2.30. The molecule has 5 rings (SSSR count). The Morgan fingerprint density at radius 3 is 2.50 bits per heavy atom. The van der Waals surface area contributed by atoms with Gasteiger partial charge in [-0.15, -0.1) is 0 Å². The summed E-state index contributed by atoms with van der Waals surface area (Å²) in [5, 5.41) is 9.41. The number of pyridine rings is 2. The summed E-state index contributed by atoms with van der Waals surface area (Å²) in [6.45, 7) is 3.55. The van der Waals surface area contributed by atoms with Gasteiger partial charge in [0.1, 0.15) is 0 Å². The Kier molecular flexibility index (Phi) is 6.58. The van der Waals surface area contributed by atoms with Crippen molar-refractivity contribution in [3.63, 3.8) is 0 Å². The Hall–Kier alpha value is -2.51. The lowest BCUT2D eigenvalue weighted by Crippen LogP contribution is -2.37. The number of nitrogens with zero attached hydrogens (tertiary/aromatic N) is 3. The molecular formula is C27H26Br2N3O2+. The van der Waals surface area contributed by atoms with Crippen LogP contribution in [0.4, 0.5) is 0 Å². The van der Waals surface area contributed by atoms with Gasteiger partial charge in [-0.1, -0.05) is 27.6 Å². The molecule has 1 aliphatic heterocycles. The Labute approximate surface area is 216 Å². The molecule has 1 aliphatic carbocycles. The van der Waals surface area contributed by atoms with Crippen LogP contribution in [0.5, 0.6) is 0 Å². The van der Waals surface area contributed by atoms with Gasteiger partial charge in [0.25, 0.3) is 0 Å². The van der Waals surface area contributed by atoms with Gasteiger partial charge in [0.05, 0.1) is 12.1 Å². The molecule has 1 saturated heterocycles. The highest BCUT2D eigenvalue weighted by molar-refractivity contribution is 9.10. The molecule has 0 unspecified atom stereocenters. The van der Waals surface area contributed by atoms with Gasteiger partial charge in [-0.05, 0) is 82.9 Å². The summed E-state index contributed by atoms with van der Waals surface area (Å²) >= 11 is 7.46. The van der Waals surface area contributed by atoms with E-state index < -0.39 is 0 Å². The van der Waals surface area contributed by atoms with Crippen molar-refractivity contribution < 1.29 is 14.7 Å². The number of hydrogen-bond acceptors (Lipinski definition) is 3. The molecule has 1 amide bonds. The van der Waals surface area contributed by atoms with Gasteiger partial charge < -0.3 is 4.90 Å². The molecule has 7 heteroatoms. The molecule has 0 radical (unpaired) electrons. The maximum Gasteiger partial charge on any atom is 0.227 e. The number of amides is 1. The van der Waals surface area contributed by atoms with Crippen molar-refractivity contribution in [3.05, 3.63) is 97.0 Å². The summed E-state index contributed by atoms with van der Waals surface area (Å²) in [4.78, 5) is 19.8. The lowest BCUT2D eigenvalue weighted by atomic mass is 9.88. The van der Waals surface area contributed by atoms with E-state index in [1.807, 2.05) is 11.1 Å². The first-order valence-electron chi connectivity index (χ1n) is 11.5. The Morgan fingerprint density at radius 2 is 1.76 bits per heavy atom. The van der Waals surface area contributed by atoms with Gasteiger partial charge in [0.15, 0.2) is 0 Å². The highest BCUT2D eigenvalue weighted by Crippen LogP contribution is 2.42. The molecule has 1 N–H and O–H groups in total. The summed E-state index contributed by atoms with van der Waals surface area (Å²) in [5.74, 6) is 0.125. The Balaban J connectivity index is 1.47. The third-order valence-corrected chi connectivity index (χ3v) is 7.77. The Morgan fingerprint density at radius 1 is 1.06 bits per heavy atom. The molecule has 2 aromatic heterocycles. The zero-order valence-electron chi connectivity index (χ0n) is 19.0. The fraction of sp³-hybridized carbons (Fsp3) is 0.296. The number of carbonyl (C=O) groups is 1. The minimum Gasteiger partial charge on any atom is -0.342 e. The molecule has 0 spiro atoms. The van der Waals surface area contributed by atoms with Crippen LogP contribution in [-0.4, -0.2) is 34.1 Å². The summed E-state index contributed by atoms with van der Waals surface area (Å²) in [6, 6.07) is 10.2. The number of fused-ring (bicyclic) bond motifs is 2. The molecule has 3 heterocycles. The molecular weight excluding hydrogens is 558 g/mol. The van der Waals surface area contributed by atoms with Crippen LogP contribution in [0.25, 0.3) is 5.57 Å². The van der Waals surface area contributed by atoms with Crippen LogP contribution in [-0.2, 0) is 24.1 Å². The third kappa shape index (κ3) is 4.68. The Bertz CT molecular complexity index is 1290.